The Labute approximate surface area is 126 Å². The maximum Gasteiger partial charge on any atom is 0.0244 e. The molecule has 0 aromatic rings. The molecule has 0 bridgehead atoms. The van der Waals surface area contributed by atoms with Gasteiger partial charge in [0, 0.05) is 31.7 Å². The Bertz CT molecular complexity index is 289. The van der Waals surface area contributed by atoms with Gasteiger partial charge in [0.05, 0.1) is 0 Å². The summed E-state index contributed by atoms with van der Waals surface area (Å²) in [4.78, 5) is 5.27. The van der Waals surface area contributed by atoms with Gasteiger partial charge in [-0.1, -0.05) is 27.7 Å². The van der Waals surface area contributed by atoms with E-state index in [9.17, 15) is 0 Å². The van der Waals surface area contributed by atoms with Gasteiger partial charge < -0.3 is 10.2 Å². The molecule has 2 unspecified atom stereocenters. The van der Waals surface area contributed by atoms with Gasteiger partial charge in [-0.05, 0) is 50.7 Å². The molecule has 1 N–H and O–H groups in total. The number of hydrogen-bond donors (Lipinski definition) is 1. The third kappa shape index (κ3) is 4.19. The van der Waals surface area contributed by atoms with Crippen LogP contribution in [0.4, 0.5) is 0 Å². The largest absolute Gasteiger partial charge is 0.311 e. The highest BCUT2D eigenvalue weighted by Gasteiger charge is 2.34. The quantitative estimate of drug-likeness (QED) is 0.857. The first kappa shape index (κ1) is 16.3. The van der Waals surface area contributed by atoms with Crippen molar-refractivity contribution in [2.75, 3.05) is 39.8 Å². The van der Waals surface area contributed by atoms with Crippen LogP contribution in [0.15, 0.2) is 0 Å². The molecule has 2 atom stereocenters. The standard InChI is InChI=1S/C17H35N3/c1-6-15-11-18-16(17(2,3)4)13-20(15)12-14-7-9-19(5)10-8-14/h14-16,18H,6-13H2,1-5H3. The molecule has 3 nitrogen and oxygen atoms in total. The lowest BCUT2D eigenvalue weighted by Gasteiger charge is -2.46. The molecule has 2 heterocycles. The highest BCUT2D eigenvalue weighted by Crippen LogP contribution is 2.26. The van der Waals surface area contributed by atoms with E-state index in [0.29, 0.717) is 11.5 Å². The van der Waals surface area contributed by atoms with Gasteiger partial charge in [0.15, 0.2) is 0 Å². The van der Waals surface area contributed by atoms with E-state index in [1.54, 1.807) is 0 Å². The van der Waals surface area contributed by atoms with E-state index >= 15 is 0 Å². The summed E-state index contributed by atoms with van der Waals surface area (Å²) in [7, 11) is 2.26. The molecule has 0 radical (unpaired) electrons. The molecule has 0 amide bonds. The number of likely N-dealkylation sites (tertiary alicyclic amines) is 1. The summed E-state index contributed by atoms with van der Waals surface area (Å²) < 4.78 is 0. The normalized spacial score (nSPS) is 31.6. The van der Waals surface area contributed by atoms with E-state index in [4.69, 9.17) is 0 Å². The summed E-state index contributed by atoms with van der Waals surface area (Å²) in [5.41, 5.74) is 0.365. The van der Waals surface area contributed by atoms with E-state index < -0.39 is 0 Å². The van der Waals surface area contributed by atoms with E-state index in [0.717, 1.165) is 12.0 Å². The minimum atomic E-state index is 0.365. The molecule has 0 spiro atoms. The third-order valence-electron chi connectivity index (χ3n) is 5.38. The van der Waals surface area contributed by atoms with Crippen molar-refractivity contribution < 1.29 is 0 Å². The molecular weight excluding hydrogens is 246 g/mol. The number of piperazine rings is 1. The summed E-state index contributed by atoms with van der Waals surface area (Å²) in [6.07, 6.45) is 4.05. The van der Waals surface area contributed by atoms with Gasteiger partial charge in [0.1, 0.15) is 0 Å². The molecule has 2 aliphatic rings. The Hall–Kier alpha value is -0.120. The van der Waals surface area contributed by atoms with Gasteiger partial charge in [-0.3, -0.25) is 4.90 Å². The van der Waals surface area contributed by atoms with E-state index in [1.807, 2.05) is 0 Å². The van der Waals surface area contributed by atoms with Crippen LogP contribution in [0.3, 0.4) is 0 Å². The van der Waals surface area contributed by atoms with Crippen molar-refractivity contribution >= 4 is 0 Å². The highest BCUT2D eigenvalue weighted by atomic mass is 15.2. The molecule has 2 rings (SSSR count). The van der Waals surface area contributed by atoms with Crippen LogP contribution in [0.1, 0.15) is 47.0 Å². The first-order valence-corrected chi connectivity index (χ1v) is 8.56. The van der Waals surface area contributed by atoms with Crippen LogP contribution in [0.5, 0.6) is 0 Å². The van der Waals surface area contributed by atoms with Gasteiger partial charge in [-0.2, -0.15) is 0 Å². The van der Waals surface area contributed by atoms with E-state index in [-0.39, 0.29) is 0 Å². The highest BCUT2D eigenvalue weighted by molar-refractivity contribution is 4.92. The fourth-order valence-corrected chi connectivity index (χ4v) is 3.64. The summed E-state index contributed by atoms with van der Waals surface area (Å²) in [5.74, 6) is 0.916. The fourth-order valence-electron chi connectivity index (χ4n) is 3.64. The Kier molecular flexibility index (Phi) is 5.49. The Morgan fingerprint density at radius 2 is 1.80 bits per heavy atom. The van der Waals surface area contributed by atoms with Crippen molar-refractivity contribution in [3.05, 3.63) is 0 Å². The van der Waals surface area contributed by atoms with Crippen LogP contribution in [0, 0.1) is 11.3 Å². The SMILES string of the molecule is CCC1CNC(C(C)(C)C)CN1CC1CCN(C)CC1. The molecule has 0 aromatic carbocycles. The van der Waals surface area contributed by atoms with Crippen LogP contribution in [-0.4, -0.2) is 61.7 Å². The zero-order chi connectivity index (χ0) is 14.8. The molecular formula is C17H35N3. The summed E-state index contributed by atoms with van der Waals surface area (Å²) in [6, 6.07) is 1.38. The van der Waals surface area contributed by atoms with Gasteiger partial charge in [0.25, 0.3) is 0 Å². The topological polar surface area (TPSA) is 18.5 Å². The first-order chi connectivity index (χ1) is 9.40. The summed E-state index contributed by atoms with van der Waals surface area (Å²) in [6.45, 7) is 15.7. The predicted molar refractivity (Wildman–Crippen MR) is 87.1 cm³/mol. The minimum Gasteiger partial charge on any atom is -0.311 e. The monoisotopic (exact) mass is 281 g/mol. The number of nitrogens with zero attached hydrogens (tertiary/aromatic N) is 2. The lowest BCUT2D eigenvalue weighted by molar-refractivity contribution is 0.0583. The Morgan fingerprint density at radius 3 is 2.35 bits per heavy atom. The van der Waals surface area contributed by atoms with Crippen molar-refractivity contribution in [2.45, 2.75) is 59.0 Å². The van der Waals surface area contributed by atoms with Gasteiger partial charge in [-0.25, -0.2) is 0 Å². The van der Waals surface area contributed by atoms with E-state index in [2.05, 4.69) is 49.9 Å². The number of hydrogen-bond acceptors (Lipinski definition) is 3. The van der Waals surface area contributed by atoms with Crippen LogP contribution >= 0.6 is 0 Å². The Morgan fingerprint density at radius 1 is 1.15 bits per heavy atom. The predicted octanol–water partition coefficient (Wildman–Crippen LogP) is 2.43. The lowest BCUT2D eigenvalue weighted by atomic mass is 9.84. The first-order valence-electron chi connectivity index (χ1n) is 8.56. The van der Waals surface area contributed by atoms with Gasteiger partial charge >= 0.3 is 0 Å². The molecule has 2 aliphatic heterocycles. The zero-order valence-corrected chi connectivity index (χ0v) is 14.3. The van der Waals surface area contributed by atoms with Crippen LogP contribution < -0.4 is 5.32 Å². The molecule has 2 fully saturated rings. The average Bonchev–Trinajstić information content (AvgIpc) is 2.40. The van der Waals surface area contributed by atoms with Gasteiger partial charge in [0.2, 0.25) is 0 Å². The van der Waals surface area contributed by atoms with Crippen LogP contribution in [-0.2, 0) is 0 Å². The molecule has 0 aromatic heterocycles. The molecule has 118 valence electrons. The number of nitrogens with one attached hydrogen (secondary N) is 1. The van der Waals surface area contributed by atoms with E-state index in [1.165, 1.54) is 52.0 Å². The minimum absolute atomic E-state index is 0.365. The second kappa shape index (κ2) is 6.76. The van der Waals surface area contributed by atoms with Crippen molar-refractivity contribution in [3.8, 4) is 0 Å². The van der Waals surface area contributed by atoms with Gasteiger partial charge in [-0.15, -0.1) is 0 Å². The summed E-state index contributed by atoms with van der Waals surface area (Å²) in [5, 5.41) is 3.78. The van der Waals surface area contributed by atoms with Crippen molar-refractivity contribution in [1.82, 2.24) is 15.1 Å². The second-order valence-electron chi connectivity index (χ2n) is 8.09. The second-order valence-corrected chi connectivity index (χ2v) is 8.09. The molecule has 2 saturated heterocycles. The summed E-state index contributed by atoms with van der Waals surface area (Å²) >= 11 is 0. The smallest absolute Gasteiger partial charge is 0.0244 e. The van der Waals surface area contributed by atoms with Crippen molar-refractivity contribution in [3.63, 3.8) is 0 Å². The third-order valence-corrected chi connectivity index (χ3v) is 5.38. The zero-order valence-electron chi connectivity index (χ0n) is 14.3. The maximum atomic E-state index is 3.78. The number of piperidine rings is 1. The van der Waals surface area contributed by atoms with Crippen LogP contribution in [0.2, 0.25) is 0 Å². The van der Waals surface area contributed by atoms with Crippen molar-refractivity contribution in [2.24, 2.45) is 11.3 Å². The average molecular weight is 281 g/mol. The Balaban J connectivity index is 1.91. The molecule has 20 heavy (non-hydrogen) atoms. The molecule has 0 saturated carbocycles. The molecule has 0 aliphatic carbocycles. The van der Waals surface area contributed by atoms with Crippen LogP contribution in [0.25, 0.3) is 0 Å². The van der Waals surface area contributed by atoms with Crippen molar-refractivity contribution in [1.29, 1.82) is 0 Å². The molecule has 3 heteroatoms. The fraction of sp³-hybridized carbons (Fsp3) is 1.00. The lowest BCUT2D eigenvalue weighted by Crippen LogP contribution is -2.61. The number of rotatable bonds is 3. The maximum absolute atomic E-state index is 3.78.